The highest BCUT2D eigenvalue weighted by Gasteiger charge is 2.56. The lowest BCUT2D eigenvalue weighted by molar-refractivity contribution is -0.316. The first-order valence-corrected chi connectivity index (χ1v) is 18.9. The van der Waals surface area contributed by atoms with Crippen molar-refractivity contribution < 1.29 is 58.7 Å². The van der Waals surface area contributed by atoms with Gasteiger partial charge < -0.3 is 54.0 Å². The Kier molecular flexibility index (Phi) is 13.1. The summed E-state index contributed by atoms with van der Waals surface area (Å²) in [5.41, 5.74) is -3.61. The Morgan fingerprint density at radius 1 is 0.961 bits per heavy atom. The summed E-state index contributed by atoms with van der Waals surface area (Å²) < 4.78 is 38.7. The molecule has 296 valence electrons. The molecule has 0 aliphatic carbocycles. The SMILES string of the molecule is CC[C@@H]1OC(=O)[C@H](C)[C@@H](O[C@H]2C[C@@](C)(O)[C@@H](O)[C@H](C)O2)[C@H](C)[C@@H](O[C@@H]2O[C@H](C)C[C@H](N(C)C(C)C)[C@H]2O)C2(C)CC(C)=C(O2)[C@H](C)[C@@H](O)[C@]1(C)O. The van der Waals surface area contributed by atoms with E-state index in [9.17, 15) is 30.3 Å². The molecule has 13 heteroatoms. The molecule has 3 fully saturated rings. The first kappa shape index (κ1) is 42.4. The summed E-state index contributed by atoms with van der Waals surface area (Å²) >= 11 is 0. The van der Waals surface area contributed by atoms with E-state index in [0.717, 1.165) is 5.57 Å². The topological polar surface area (TPSA) is 177 Å². The lowest BCUT2D eigenvalue weighted by Crippen LogP contribution is -2.60. The van der Waals surface area contributed by atoms with Gasteiger partial charge in [0.1, 0.15) is 41.4 Å². The fourth-order valence-corrected chi connectivity index (χ4v) is 8.81. The van der Waals surface area contributed by atoms with Crippen molar-refractivity contribution in [2.24, 2.45) is 17.8 Å². The van der Waals surface area contributed by atoms with Gasteiger partial charge in [-0.25, -0.2) is 0 Å². The van der Waals surface area contributed by atoms with E-state index in [2.05, 4.69) is 18.7 Å². The van der Waals surface area contributed by atoms with Crippen LogP contribution in [0.4, 0.5) is 0 Å². The predicted molar refractivity (Wildman–Crippen MR) is 188 cm³/mol. The number of rotatable bonds is 7. The second-order valence-electron chi connectivity index (χ2n) is 17.0. The van der Waals surface area contributed by atoms with Gasteiger partial charge >= 0.3 is 5.97 Å². The Bertz CT molecular complexity index is 1240. The number of likely N-dealkylation sites (N-methyl/N-ethyl adjacent to an activating group) is 1. The smallest absolute Gasteiger partial charge is 0.311 e. The Balaban J connectivity index is 1.83. The standard InChI is InChI=1S/C38H67NO12/c1-14-26-38(12,45)31(41)21(6)29-19(4)16-37(11,51-29)33(50-35-28(40)25(15-20(5)46-35)39(13)18(2)3)22(7)30(23(8)34(43)48-26)49-27-17-36(10,44)32(42)24(9)47-27/h18,20-28,30-33,35,40-42,44-45H,14-17H2,1-13H3/t20-,21+,22+,23-,24+,25+,26+,27+,28-,30+,31-,32+,33-,35+,36-,37?,38-/m1/s1. The van der Waals surface area contributed by atoms with Crippen LogP contribution in [0.25, 0.3) is 0 Å². The van der Waals surface area contributed by atoms with Crippen LogP contribution in [0.15, 0.2) is 11.3 Å². The number of cyclic esters (lactones) is 1. The third kappa shape index (κ3) is 8.48. The van der Waals surface area contributed by atoms with Gasteiger partial charge in [0.15, 0.2) is 12.6 Å². The number of fused-ring (bicyclic) bond motifs is 2. The van der Waals surface area contributed by atoms with E-state index in [1.807, 2.05) is 34.7 Å². The van der Waals surface area contributed by atoms with Crippen molar-refractivity contribution in [3.63, 3.8) is 0 Å². The second-order valence-corrected chi connectivity index (χ2v) is 17.0. The fourth-order valence-electron chi connectivity index (χ4n) is 8.81. The number of aliphatic hydroxyl groups excluding tert-OH is 3. The van der Waals surface area contributed by atoms with E-state index < -0.39 is 95.8 Å². The van der Waals surface area contributed by atoms with Crippen molar-refractivity contribution in [3.05, 3.63) is 11.3 Å². The van der Waals surface area contributed by atoms with Gasteiger partial charge in [-0.3, -0.25) is 9.69 Å². The molecule has 4 rings (SSSR count). The van der Waals surface area contributed by atoms with E-state index in [1.165, 1.54) is 13.8 Å². The summed E-state index contributed by atoms with van der Waals surface area (Å²) in [7, 11) is 1.97. The molecule has 1 unspecified atom stereocenters. The molecule has 0 aromatic heterocycles. The van der Waals surface area contributed by atoms with E-state index in [0.29, 0.717) is 18.6 Å². The van der Waals surface area contributed by atoms with Gasteiger partial charge in [-0.15, -0.1) is 0 Å². The summed E-state index contributed by atoms with van der Waals surface area (Å²) in [6, 6.07) is -0.105. The molecule has 17 atom stereocenters. The summed E-state index contributed by atoms with van der Waals surface area (Å²) in [5, 5.41) is 56.9. The highest BCUT2D eigenvalue weighted by molar-refractivity contribution is 5.73. The van der Waals surface area contributed by atoms with Crippen molar-refractivity contribution in [1.29, 1.82) is 0 Å². The molecule has 0 radical (unpaired) electrons. The third-order valence-corrected chi connectivity index (χ3v) is 12.2. The minimum Gasteiger partial charge on any atom is -0.489 e. The lowest BCUT2D eigenvalue weighted by atomic mass is 9.78. The maximum atomic E-state index is 14.1. The molecular formula is C38H67NO12. The average molecular weight is 730 g/mol. The predicted octanol–water partition coefficient (Wildman–Crippen LogP) is 3.02. The van der Waals surface area contributed by atoms with Gasteiger partial charge in [-0.1, -0.05) is 20.8 Å². The number of hydrogen-bond acceptors (Lipinski definition) is 13. The monoisotopic (exact) mass is 729 g/mol. The maximum absolute atomic E-state index is 14.1. The first-order chi connectivity index (χ1) is 23.5. The van der Waals surface area contributed by atoms with Crippen molar-refractivity contribution >= 4 is 5.97 Å². The highest BCUT2D eigenvalue weighted by Crippen LogP contribution is 2.47. The van der Waals surface area contributed by atoms with Gasteiger partial charge in [0, 0.05) is 36.8 Å². The molecule has 0 aromatic rings. The maximum Gasteiger partial charge on any atom is 0.311 e. The van der Waals surface area contributed by atoms with Crippen molar-refractivity contribution in [2.45, 2.75) is 199 Å². The lowest BCUT2D eigenvalue weighted by Gasteiger charge is -2.48. The van der Waals surface area contributed by atoms with Gasteiger partial charge in [-0.05, 0) is 87.8 Å². The fraction of sp³-hybridized carbons (Fsp3) is 0.921. The van der Waals surface area contributed by atoms with Crippen LogP contribution in [0.3, 0.4) is 0 Å². The molecule has 13 nitrogen and oxygen atoms in total. The van der Waals surface area contributed by atoms with Crippen molar-refractivity contribution in [1.82, 2.24) is 4.90 Å². The van der Waals surface area contributed by atoms with Crippen LogP contribution in [0.5, 0.6) is 0 Å². The van der Waals surface area contributed by atoms with Crippen LogP contribution in [-0.4, -0.2) is 134 Å². The summed E-state index contributed by atoms with van der Waals surface area (Å²) in [6.45, 7) is 21.6. The molecule has 51 heavy (non-hydrogen) atoms. The minimum absolute atomic E-state index is 0.0746. The third-order valence-electron chi connectivity index (χ3n) is 12.2. The Labute approximate surface area is 304 Å². The van der Waals surface area contributed by atoms with Crippen LogP contribution in [-0.2, 0) is 33.2 Å². The summed E-state index contributed by atoms with van der Waals surface area (Å²) in [6.07, 6.45) is -8.41. The van der Waals surface area contributed by atoms with Crippen LogP contribution in [0.2, 0.25) is 0 Å². The molecule has 5 N–H and O–H groups in total. The molecule has 4 heterocycles. The van der Waals surface area contributed by atoms with Gasteiger partial charge in [0.2, 0.25) is 0 Å². The minimum atomic E-state index is -1.84. The molecule has 3 saturated heterocycles. The number of esters is 1. The zero-order chi connectivity index (χ0) is 38.5. The van der Waals surface area contributed by atoms with E-state index in [1.54, 1.807) is 27.7 Å². The van der Waals surface area contributed by atoms with Crippen molar-refractivity contribution in [3.8, 4) is 0 Å². The molecule has 2 bridgehead atoms. The quantitative estimate of drug-likeness (QED) is 0.242. The highest BCUT2D eigenvalue weighted by atomic mass is 16.7. The van der Waals surface area contributed by atoms with Gasteiger partial charge in [-0.2, -0.15) is 0 Å². The summed E-state index contributed by atoms with van der Waals surface area (Å²) in [4.78, 5) is 16.2. The van der Waals surface area contributed by atoms with Crippen LogP contribution in [0, 0.1) is 17.8 Å². The van der Waals surface area contributed by atoms with Crippen LogP contribution < -0.4 is 0 Å². The van der Waals surface area contributed by atoms with E-state index in [4.69, 9.17) is 28.4 Å². The largest absolute Gasteiger partial charge is 0.489 e. The molecule has 0 saturated carbocycles. The number of carbonyl (C=O) groups is 1. The van der Waals surface area contributed by atoms with Crippen LogP contribution >= 0.6 is 0 Å². The number of ether oxygens (including phenoxy) is 6. The number of hydrogen-bond donors (Lipinski definition) is 5. The number of nitrogens with zero attached hydrogens (tertiary/aromatic N) is 1. The second kappa shape index (κ2) is 15.8. The van der Waals surface area contributed by atoms with Gasteiger partial charge in [0.05, 0.1) is 35.9 Å². The molecule has 4 aliphatic heterocycles. The molecule has 0 spiro atoms. The number of aliphatic hydroxyl groups is 5. The normalized spacial score (nSPS) is 48.9. The number of carbonyl (C=O) groups excluding carboxylic acids is 1. The Morgan fingerprint density at radius 2 is 1.59 bits per heavy atom. The van der Waals surface area contributed by atoms with E-state index >= 15 is 0 Å². The van der Waals surface area contributed by atoms with Crippen molar-refractivity contribution in [2.75, 3.05) is 7.05 Å². The Morgan fingerprint density at radius 3 is 2.16 bits per heavy atom. The molecular weight excluding hydrogens is 662 g/mol. The van der Waals surface area contributed by atoms with Crippen LogP contribution in [0.1, 0.15) is 109 Å². The average Bonchev–Trinajstić information content (AvgIpc) is 3.36. The first-order valence-electron chi connectivity index (χ1n) is 18.9. The summed E-state index contributed by atoms with van der Waals surface area (Å²) in [5.74, 6) is -2.47. The molecule has 0 amide bonds. The zero-order valence-corrected chi connectivity index (χ0v) is 33.0. The molecule has 4 aliphatic rings. The Hall–Kier alpha value is -1.39. The molecule has 0 aromatic carbocycles. The zero-order valence-electron chi connectivity index (χ0n) is 33.0. The van der Waals surface area contributed by atoms with E-state index in [-0.39, 0.29) is 31.0 Å². The van der Waals surface area contributed by atoms with Gasteiger partial charge in [0.25, 0.3) is 0 Å².